The Morgan fingerprint density at radius 1 is 1.06 bits per heavy atom. The van der Waals surface area contributed by atoms with Crippen molar-refractivity contribution in [2.24, 2.45) is 0 Å². The van der Waals surface area contributed by atoms with Gasteiger partial charge in [-0.1, -0.05) is 48.9 Å². The van der Waals surface area contributed by atoms with Gasteiger partial charge in [-0.2, -0.15) is 0 Å². The maximum atomic E-state index is 13.2. The molecular formula is C28H30N6O2. The summed E-state index contributed by atoms with van der Waals surface area (Å²) >= 11 is 0. The minimum absolute atomic E-state index is 0.0717. The minimum atomic E-state index is -0.107. The molecule has 5 aromatic rings. The van der Waals surface area contributed by atoms with Crippen molar-refractivity contribution >= 4 is 10.9 Å². The zero-order chi connectivity index (χ0) is 25.1. The number of pyridine rings is 1. The number of nitrogens with zero attached hydrogens (tertiary/aromatic N) is 5. The van der Waals surface area contributed by atoms with Crippen LogP contribution >= 0.6 is 0 Å². The van der Waals surface area contributed by atoms with E-state index in [-0.39, 0.29) is 11.6 Å². The number of rotatable bonds is 9. The second-order valence-electron chi connectivity index (χ2n) is 9.26. The Hall–Kier alpha value is -4.04. The van der Waals surface area contributed by atoms with E-state index in [1.54, 1.807) is 10.9 Å². The first kappa shape index (κ1) is 23.7. The minimum Gasteiger partial charge on any atom is -0.467 e. The smallest absolute Gasteiger partial charge is 0.252 e. The zero-order valence-electron chi connectivity index (χ0n) is 20.8. The number of aromatic amines is 1. The van der Waals surface area contributed by atoms with Crippen LogP contribution in [0.4, 0.5) is 0 Å². The SMILES string of the molecule is CC[C@@H](c1nnnn1Cc1ccco1)N(Cc1ccccc1)Cc1cc2cc(C)cc(C)c2[nH]c1=O. The predicted molar refractivity (Wildman–Crippen MR) is 138 cm³/mol. The number of furan rings is 1. The summed E-state index contributed by atoms with van der Waals surface area (Å²) in [7, 11) is 0. The second kappa shape index (κ2) is 10.3. The Labute approximate surface area is 209 Å². The Morgan fingerprint density at radius 2 is 1.89 bits per heavy atom. The molecule has 0 bridgehead atoms. The van der Waals surface area contributed by atoms with Gasteiger partial charge < -0.3 is 9.40 Å². The standard InChI is InChI=1S/C28H30N6O2/c1-4-25(27-30-31-32-34(27)18-24-11-8-12-36-24)33(16-21-9-6-5-7-10-21)17-23-15-22-14-19(2)13-20(3)26(22)29-28(23)35/h5-15,25H,4,16-18H2,1-3H3,(H,29,35)/t25-/m0/s1. The largest absolute Gasteiger partial charge is 0.467 e. The van der Waals surface area contributed by atoms with Crippen molar-refractivity contribution in [2.45, 2.75) is 52.9 Å². The van der Waals surface area contributed by atoms with Gasteiger partial charge in [-0.25, -0.2) is 4.68 Å². The van der Waals surface area contributed by atoms with Crippen LogP contribution in [0.25, 0.3) is 10.9 Å². The molecule has 0 spiro atoms. The lowest BCUT2D eigenvalue weighted by atomic mass is 10.0. The summed E-state index contributed by atoms with van der Waals surface area (Å²) in [4.78, 5) is 18.6. The molecule has 0 fully saturated rings. The number of aromatic nitrogens is 5. The summed E-state index contributed by atoms with van der Waals surface area (Å²) in [6, 6.07) is 20.2. The van der Waals surface area contributed by atoms with Gasteiger partial charge in [0.1, 0.15) is 12.3 Å². The molecule has 0 amide bonds. The molecule has 8 heteroatoms. The van der Waals surface area contributed by atoms with E-state index in [9.17, 15) is 4.79 Å². The molecule has 0 aliphatic heterocycles. The number of tetrazole rings is 1. The molecule has 1 N–H and O–H groups in total. The Bertz CT molecular complexity index is 1500. The van der Waals surface area contributed by atoms with Crippen LogP contribution in [-0.2, 0) is 19.6 Å². The zero-order valence-corrected chi connectivity index (χ0v) is 20.8. The van der Waals surface area contributed by atoms with E-state index in [1.807, 2.05) is 43.3 Å². The van der Waals surface area contributed by atoms with Crippen molar-refractivity contribution in [2.75, 3.05) is 0 Å². The third-order valence-corrected chi connectivity index (χ3v) is 6.54. The monoisotopic (exact) mass is 482 g/mol. The average Bonchev–Trinajstić information content (AvgIpc) is 3.54. The molecular weight excluding hydrogens is 452 g/mol. The average molecular weight is 483 g/mol. The van der Waals surface area contributed by atoms with E-state index in [0.29, 0.717) is 25.2 Å². The third kappa shape index (κ3) is 4.99. The van der Waals surface area contributed by atoms with Crippen LogP contribution in [0.2, 0.25) is 0 Å². The summed E-state index contributed by atoms with van der Waals surface area (Å²) in [5.41, 5.74) is 4.92. The highest BCUT2D eigenvalue weighted by Crippen LogP contribution is 2.27. The van der Waals surface area contributed by atoms with Crippen molar-refractivity contribution in [1.82, 2.24) is 30.1 Å². The van der Waals surface area contributed by atoms with Gasteiger partial charge in [-0.15, -0.1) is 5.10 Å². The summed E-state index contributed by atoms with van der Waals surface area (Å²) in [5, 5.41) is 13.6. The fraction of sp³-hybridized carbons (Fsp3) is 0.286. The van der Waals surface area contributed by atoms with Gasteiger partial charge in [0, 0.05) is 18.7 Å². The number of fused-ring (bicyclic) bond motifs is 1. The van der Waals surface area contributed by atoms with Gasteiger partial charge in [0.05, 0.1) is 17.8 Å². The fourth-order valence-electron chi connectivity index (χ4n) is 4.88. The molecule has 8 nitrogen and oxygen atoms in total. The molecule has 2 aromatic carbocycles. The quantitative estimate of drug-likeness (QED) is 0.320. The molecule has 36 heavy (non-hydrogen) atoms. The maximum Gasteiger partial charge on any atom is 0.252 e. The Balaban J connectivity index is 1.53. The number of hydrogen-bond acceptors (Lipinski definition) is 6. The van der Waals surface area contributed by atoms with E-state index < -0.39 is 0 Å². The lowest BCUT2D eigenvalue weighted by molar-refractivity contribution is 0.161. The maximum absolute atomic E-state index is 13.2. The molecule has 3 heterocycles. The van der Waals surface area contributed by atoms with E-state index in [2.05, 4.69) is 63.5 Å². The normalized spacial score (nSPS) is 12.4. The van der Waals surface area contributed by atoms with Crippen LogP contribution in [0.15, 0.2) is 76.1 Å². The van der Waals surface area contributed by atoms with Crippen molar-refractivity contribution in [3.63, 3.8) is 0 Å². The van der Waals surface area contributed by atoms with Crippen LogP contribution in [-0.4, -0.2) is 30.1 Å². The fourth-order valence-corrected chi connectivity index (χ4v) is 4.88. The van der Waals surface area contributed by atoms with Crippen molar-refractivity contribution in [1.29, 1.82) is 0 Å². The molecule has 0 saturated heterocycles. The molecule has 0 unspecified atom stereocenters. The molecule has 5 rings (SSSR count). The molecule has 0 aliphatic carbocycles. The number of aryl methyl sites for hydroxylation is 2. The number of hydrogen-bond donors (Lipinski definition) is 1. The molecule has 0 saturated carbocycles. The van der Waals surface area contributed by atoms with Crippen LogP contribution < -0.4 is 5.56 Å². The van der Waals surface area contributed by atoms with Gasteiger partial charge in [0.15, 0.2) is 5.82 Å². The highest BCUT2D eigenvalue weighted by molar-refractivity contribution is 5.82. The van der Waals surface area contributed by atoms with E-state index >= 15 is 0 Å². The molecule has 3 aromatic heterocycles. The molecule has 0 radical (unpaired) electrons. The lowest BCUT2D eigenvalue weighted by Crippen LogP contribution is -2.32. The highest BCUT2D eigenvalue weighted by atomic mass is 16.3. The van der Waals surface area contributed by atoms with Gasteiger partial charge >= 0.3 is 0 Å². The molecule has 0 aliphatic rings. The third-order valence-electron chi connectivity index (χ3n) is 6.54. The summed E-state index contributed by atoms with van der Waals surface area (Å²) in [5.74, 6) is 1.53. The topological polar surface area (TPSA) is 92.8 Å². The van der Waals surface area contributed by atoms with Crippen LogP contribution in [0.5, 0.6) is 0 Å². The second-order valence-corrected chi connectivity index (χ2v) is 9.26. The molecule has 184 valence electrons. The van der Waals surface area contributed by atoms with Crippen molar-refractivity contribution in [3.8, 4) is 0 Å². The Morgan fingerprint density at radius 3 is 2.64 bits per heavy atom. The van der Waals surface area contributed by atoms with Crippen LogP contribution in [0, 0.1) is 13.8 Å². The van der Waals surface area contributed by atoms with Gasteiger partial charge in [-0.3, -0.25) is 9.69 Å². The van der Waals surface area contributed by atoms with Gasteiger partial charge in [-0.05, 0) is 71.5 Å². The first-order valence-electron chi connectivity index (χ1n) is 12.2. The van der Waals surface area contributed by atoms with E-state index in [4.69, 9.17) is 4.42 Å². The summed E-state index contributed by atoms with van der Waals surface area (Å²) in [6.45, 7) is 7.77. The number of nitrogens with one attached hydrogen (secondary N) is 1. The number of H-pyrrole nitrogens is 1. The first-order valence-corrected chi connectivity index (χ1v) is 12.2. The summed E-state index contributed by atoms with van der Waals surface area (Å²) < 4.78 is 7.31. The van der Waals surface area contributed by atoms with Gasteiger partial charge in [0.2, 0.25) is 0 Å². The first-order chi connectivity index (χ1) is 17.5. The number of benzene rings is 2. The summed E-state index contributed by atoms with van der Waals surface area (Å²) in [6.07, 6.45) is 2.42. The predicted octanol–water partition coefficient (Wildman–Crippen LogP) is 4.93. The Kier molecular flexibility index (Phi) is 6.77. The van der Waals surface area contributed by atoms with Crippen LogP contribution in [0.1, 0.15) is 53.2 Å². The van der Waals surface area contributed by atoms with Gasteiger partial charge in [0.25, 0.3) is 5.56 Å². The van der Waals surface area contributed by atoms with Crippen LogP contribution in [0.3, 0.4) is 0 Å². The van der Waals surface area contributed by atoms with Crippen molar-refractivity contribution in [3.05, 3.63) is 111 Å². The van der Waals surface area contributed by atoms with E-state index in [0.717, 1.165) is 40.0 Å². The molecule has 1 atom stereocenters. The highest BCUT2D eigenvalue weighted by Gasteiger charge is 2.26. The lowest BCUT2D eigenvalue weighted by Gasteiger charge is -2.30. The van der Waals surface area contributed by atoms with Crippen molar-refractivity contribution < 1.29 is 4.42 Å². The van der Waals surface area contributed by atoms with E-state index in [1.165, 1.54) is 5.56 Å².